The van der Waals surface area contributed by atoms with Gasteiger partial charge in [0.2, 0.25) is 0 Å². The van der Waals surface area contributed by atoms with E-state index < -0.39 is 0 Å². The molecule has 8 rings (SSSR count). The summed E-state index contributed by atoms with van der Waals surface area (Å²) < 4.78 is 0. The van der Waals surface area contributed by atoms with Crippen LogP contribution in [0.25, 0.3) is 43.1 Å². The van der Waals surface area contributed by atoms with Crippen LogP contribution in [0.4, 0.5) is 0 Å². The second-order valence-electron chi connectivity index (χ2n) is 18.2. The van der Waals surface area contributed by atoms with E-state index in [4.69, 9.17) is 0 Å². The molecule has 0 atom stereocenters. The van der Waals surface area contributed by atoms with Crippen molar-refractivity contribution in [3.63, 3.8) is 0 Å². The van der Waals surface area contributed by atoms with Crippen molar-refractivity contribution in [3.8, 4) is 0 Å². The summed E-state index contributed by atoms with van der Waals surface area (Å²) in [6.07, 6.45) is 5.46. The standard InChI is InChI=1S/2C17H24P.2C11H11.2ClH.2Zr/c2*1-13(2)11-18(12-14(3)4)17-9-15-7-5-6-8-16(15)10-17;2*1-8-6-7-9(2)11-5-3-4-10(8)11;;;;/h2*5-10,13-14H,11-12H2,1-4H3;2*3-7H,1-2H3;2*1H;;/q4*-1;;;2*+2/p-2. The minimum atomic E-state index is 0. The maximum Gasteiger partial charge on any atom is 2.00 e. The molecule has 0 radical (unpaired) electrons. The first-order valence-electron chi connectivity index (χ1n) is 21.7. The van der Waals surface area contributed by atoms with Gasteiger partial charge in [-0.15, -0.1) is 138 Å². The molecule has 0 unspecified atom stereocenters. The van der Waals surface area contributed by atoms with Gasteiger partial charge in [-0.2, -0.15) is 36.4 Å². The van der Waals surface area contributed by atoms with Gasteiger partial charge in [0.05, 0.1) is 0 Å². The third-order valence-corrected chi connectivity index (χ3v) is 17.4. The molecule has 0 aliphatic carbocycles. The van der Waals surface area contributed by atoms with Gasteiger partial charge in [0.15, 0.2) is 0 Å². The van der Waals surface area contributed by atoms with E-state index in [2.05, 4.69) is 217 Å². The van der Waals surface area contributed by atoms with E-state index >= 15 is 0 Å². The molecule has 0 heterocycles. The Labute approximate surface area is 429 Å². The predicted octanol–water partition coefficient (Wildman–Crippen LogP) is 10.3. The molecule has 0 aliphatic heterocycles. The van der Waals surface area contributed by atoms with Crippen LogP contribution in [-0.2, 0) is 52.4 Å². The number of fused-ring (bicyclic) bond motifs is 4. The molecule has 8 aromatic rings. The average molecular weight is 1060 g/mol. The van der Waals surface area contributed by atoms with Gasteiger partial charge in [-0.05, 0) is 62.2 Å². The summed E-state index contributed by atoms with van der Waals surface area (Å²) in [6.45, 7) is 27.4. The first kappa shape index (κ1) is 58.5. The fourth-order valence-electron chi connectivity index (χ4n) is 8.04. The Balaban J connectivity index is 0.000000414. The Hall–Kier alpha value is -1.47. The molecule has 328 valence electrons. The van der Waals surface area contributed by atoms with Crippen LogP contribution in [0.5, 0.6) is 0 Å². The molecule has 0 amide bonds. The molecular weight excluding hydrogens is 988 g/mol. The van der Waals surface area contributed by atoms with E-state index in [1.807, 2.05) is 0 Å². The van der Waals surface area contributed by atoms with Crippen molar-refractivity contribution >= 4 is 69.5 Å². The number of halogens is 2. The predicted molar refractivity (Wildman–Crippen MR) is 269 cm³/mol. The van der Waals surface area contributed by atoms with Crippen molar-refractivity contribution in [1.29, 1.82) is 0 Å². The van der Waals surface area contributed by atoms with Crippen LogP contribution >= 0.6 is 15.8 Å². The maximum atomic E-state index is 2.42. The second kappa shape index (κ2) is 28.5. The van der Waals surface area contributed by atoms with Crippen molar-refractivity contribution in [1.82, 2.24) is 0 Å². The van der Waals surface area contributed by atoms with Gasteiger partial charge in [-0.25, -0.2) is 0 Å². The van der Waals surface area contributed by atoms with E-state index in [1.54, 1.807) is 10.6 Å². The Kier molecular flexibility index (Phi) is 26.9. The molecule has 0 aromatic heterocycles. The molecule has 8 aromatic carbocycles. The number of rotatable bonds is 10. The summed E-state index contributed by atoms with van der Waals surface area (Å²) in [6, 6.07) is 48.8. The molecule has 0 spiro atoms. The molecular formula is C56H70Cl2P2Zr2-2. The molecule has 0 saturated heterocycles. The Morgan fingerprint density at radius 2 is 0.726 bits per heavy atom. The van der Waals surface area contributed by atoms with Gasteiger partial charge in [-0.1, -0.05) is 120 Å². The molecule has 0 nitrogen and oxygen atoms in total. The fraction of sp³-hybridized carbons (Fsp3) is 0.357. The molecule has 62 heavy (non-hydrogen) atoms. The summed E-state index contributed by atoms with van der Waals surface area (Å²) in [5.41, 5.74) is 5.48. The summed E-state index contributed by atoms with van der Waals surface area (Å²) in [7, 11) is 0.0370. The van der Waals surface area contributed by atoms with Gasteiger partial charge >= 0.3 is 52.4 Å². The molecule has 0 saturated carbocycles. The second-order valence-corrected chi connectivity index (χ2v) is 22.8. The van der Waals surface area contributed by atoms with Crippen LogP contribution < -0.4 is 35.4 Å². The van der Waals surface area contributed by atoms with Crippen molar-refractivity contribution in [2.45, 2.75) is 83.1 Å². The average Bonchev–Trinajstić information content (AvgIpc) is 4.00. The zero-order valence-electron chi connectivity index (χ0n) is 39.5. The Morgan fingerprint density at radius 3 is 1.02 bits per heavy atom. The third kappa shape index (κ3) is 17.1. The minimum Gasteiger partial charge on any atom is -1.00 e. The van der Waals surface area contributed by atoms with E-state index in [0.717, 1.165) is 23.7 Å². The molecule has 6 heteroatoms. The van der Waals surface area contributed by atoms with Crippen molar-refractivity contribution in [2.75, 3.05) is 24.6 Å². The zero-order valence-corrected chi connectivity index (χ0v) is 47.7. The van der Waals surface area contributed by atoms with Crippen LogP contribution in [0.3, 0.4) is 0 Å². The zero-order chi connectivity index (χ0) is 41.9. The van der Waals surface area contributed by atoms with E-state index in [-0.39, 0.29) is 93.1 Å². The van der Waals surface area contributed by atoms with Gasteiger partial charge < -0.3 is 24.8 Å². The molecule has 0 fully saturated rings. The van der Waals surface area contributed by atoms with Crippen LogP contribution in [0.2, 0.25) is 0 Å². The number of benzene rings is 4. The van der Waals surface area contributed by atoms with Crippen molar-refractivity contribution in [2.24, 2.45) is 23.7 Å². The largest absolute Gasteiger partial charge is 2.00 e. The van der Waals surface area contributed by atoms with Crippen LogP contribution in [-0.4, -0.2) is 24.6 Å². The van der Waals surface area contributed by atoms with E-state index in [0.29, 0.717) is 0 Å². The van der Waals surface area contributed by atoms with Crippen molar-refractivity contribution in [3.05, 3.63) is 156 Å². The van der Waals surface area contributed by atoms with Gasteiger partial charge in [0.1, 0.15) is 0 Å². The van der Waals surface area contributed by atoms with Gasteiger partial charge in [-0.3, -0.25) is 0 Å². The first-order valence-corrected chi connectivity index (χ1v) is 25.2. The summed E-state index contributed by atoms with van der Waals surface area (Å²) >= 11 is 0. The third-order valence-electron chi connectivity index (χ3n) is 10.8. The maximum absolute atomic E-state index is 2.42. The van der Waals surface area contributed by atoms with Gasteiger partial charge in [0.25, 0.3) is 0 Å². The number of hydrogen-bond acceptors (Lipinski definition) is 0. The van der Waals surface area contributed by atoms with Crippen LogP contribution in [0, 0.1) is 51.4 Å². The monoisotopic (exact) mass is 1050 g/mol. The smallest absolute Gasteiger partial charge is 1.00 e. The summed E-state index contributed by atoms with van der Waals surface area (Å²) in [5.74, 6) is 3.20. The Bertz CT molecular complexity index is 2130. The van der Waals surface area contributed by atoms with E-state index in [9.17, 15) is 0 Å². The quantitative estimate of drug-likeness (QED) is 0.0946. The molecule has 0 aliphatic rings. The van der Waals surface area contributed by atoms with Crippen LogP contribution in [0.1, 0.15) is 77.6 Å². The molecule has 0 N–H and O–H groups in total. The van der Waals surface area contributed by atoms with Gasteiger partial charge in [0, 0.05) is 0 Å². The minimum absolute atomic E-state index is 0. The fourth-order valence-corrected chi connectivity index (χ4v) is 14.0. The number of hydrogen-bond donors (Lipinski definition) is 0. The van der Waals surface area contributed by atoms with Crippen LogP contribution in [0.15, 0.2) is 133 Å². The molecule has 0 bridgehead atoms. The topological polar surface area (TPSA) is 0 Å². The summed E-state index contributed by atoms with van der Waals surface area (Å²) in [5, 5.41) is 14.4. The SMILES string of the molecule is CC(C)CP(CC(C)C)c1cc2ccccc2[cH-]1.CC(C)CP(CC(C)C)c1cc2ccccc2[cH-]1.Cc1ccc(C)c2[cH-]ccc12.Cc1ccc(C)c2[cH-]ccc12.[Cl-].[Cl-].[Zr+2].[Zr+2]. The normalized spacial score (nSPS) is 10.9. The Morgan fingerprint density at radius 1 is 0.419 bits per heavy atom. The van der Waals surface area contributed by atoms with E-state index in [1.165, 1.54) is 90.0 Å². The van der Waals surface area contributed by atoms with Crippen molar-refractivity contribution < 1.29 is 77.2 Å². The summed E-state index contributed by atoms with van der Waals surface area (Å²) in [4.78, 5) is 0. The number of aryl methyl sites for hydroxylation is 4. The first-order chi connectivity index (χ1) is 27.7.